The highest BCUT2D eigenvalue weighted by atomic mass is 35.5. The van der Waals surface area contributed by atoms with E-state index in [0.29, 0.717) is 87.3 Å². The molecule has 258 valence electrons. The van der Waals surface area contributed by atoms with Crippen LogP contribution < -0.4 is 20.1 Å². The summed E-state index contributed by atoms with van der Waals surface area (Å²) in [7, 11) is 1.58. The van der Waals surface area contributed by atoms with Crippen LogP contribution >= 0.6 is 34.8 Å². The number of fused-ring (bicyclic) bond motifs is 1. The Morgan fingerprint density at radius 2 is 1.80 bits per heavy atom. The number of carboxylic acid groups (broad SMARTS) is 1. The van der Waals surface area contributed by atoms with Gasteiger partial charge in [-0.1, -0.05) is 71.2 Å². The molecule has 2 aromatic heterocycles. The molecule has 0 unspecified atom stereocenters. The molecule has 50 heavy (non-hydrogen) atoms. The number of amides is 1. The number of nitrogens with one attached hydrogen (secondary N) is 3. The van der Waals surface area contributed by atoms with Crippen molar-refractivity contribution in [2.45, 2.75) is 44.8 Å². The molecule has 4 N–H and O–H groups in total. The monoisotopic (exact) mass is 733 g/mol. The molecule has 0 aliphatic carbocycles. The fourth-order valence-electron chi connectivity index (χ4n) is 6.03. The van der Waals surface area contributed by atoms with Crippen molar-refractivity contribution in [3.63, 3.8) is 0 Å². The summed E-state index contributed by atoms with van der Waals surface area (Å²) in [5.41, 5.74) is 4.48. The number of halogens is 3. The molecular formula is C37H34Cl3N5O5. The van der Waals surface area contributed by atoms with Gasteiger partial charge in [0, 0.05) is 89.2 Å². The lowest BCUT2D eigenvalue weighted by molar-refractivity contribution is -0.135. The number of carbonyl (C=O) groups excluding carboxylic acids is 1. The quantitative estimate of drug-likeness (QED) is 0.0841. The fourth-order valence-corrected chi connectivity index (χ4v) is 6.82. The standard InChI is InChI=1S/C37H34Cl3N5O5/c1-49-37-21(19-42-20-24-9-11-33(46)43-24)8-10-29(44-37)27-6-2-4-25(35(27)39)26-5-3-7-31(36(26)40)50-32-17-22(38)16-30-28(32)13-15-45(30)14-12-23(41)18-34(47)48/h2-8,10,13,15-17,24,41-42H,9,11-12,14,18-20H2,1H3,(H,43,46)(H,47,48)/t24-/m0/s1. The smallest absolute Gasteiger partial charge is 0.309 e. The molecule has 3 aromatic carbocycles. The first-order valence-corrected chi connectivity index (χ1v) is 17.1. The van der Waals surface area contributed by atoms with Gasteiger partial charge in [0.15, 0.2) is 0 Å². The largest absolute Gasteiger partial charge is 0.481 e. The minimum atomic E-state index is -1.03. The minimum Gasteiger partial charge on any atom is -0.481 e. The van der Waals surface area contributed by atoms with E-state index in [0.717, 1.165) is 22.9 Å². The molecule has 1 saturated heterocycles. The molecule has 0 spiro atoms. The molecule has 1 atom stereocenters. The first-order chi connectivity index (χ1) is 24.1. The lowest BCUT2D eigenvalue weighted by Crippen LogP contribution is -2.35. The highest BCUT2D eigenvalue weighted by Crippen LogP contribution is 2.44. The maximum absolute atomic E-state index is 11.5. The predicted octanol–water partition coefficient (Wildman–Crippen LogP) is 8.38. The number of nitrogens with zero attached hydrogens (tertiary/aromatic N) is 2. The molecule has 1 aliphatic heterocycles. The van der Waals surface area contributed by atoms with E-state index in [4.69, 9.17) is 59.8 Å². The Bertz CT molecular complexity index is 2100. The van der Waals surface area contributed by atoms with Gasteiger partial charge >= 0.3 is 5.97 Å². The van der Waals surface area contributed by atoms with Crippen LogP contribution in [0.25, 0.3) is 33.3 Å². The zero-order chi connectivity index (χ0) is 35.4. The van der Waals surface area contributed by atoms with E-state index in [1.165, 1.54) is 0 Å². The Morgan fingerprint density at radius 1 is 1.04 bits per heavy atom. The number of aromatic nitrogens is 2. The maximum Gasteiger partial charge on any atom is 0.309 e. The van der Waals surface area contributed by atoms with E-state index < -0.39 is 5.97 Å². The summed E-state index contributed by atoms with van der Waals surface area (Å²) in [5.74, 6) is 0.424. The summed E-state index contributed by atoms with van der Waals surface area (Å²) >= 11 is 20.6. The van der Waals surface area contributed by atoms with E-state index in [-0.39, 0.29) is 24.1 Å². The van der Waals surface area contributed by atoms with Gasteiger partial charge in [0.05, 0.1) is 34.8 Å². The second-order valence-corrected chi connectivity index (χ2v) is 13.1. The Labute approximate surface area is 303 Å². The molecule has 3 heterocycles. The van der Waals surface area contributed by atoms with Crippen molar-refractivity contribution in [2.75, 3.05) is 13.7 Å². The van der Waals surface area contributed by atoms with E-state index in [2.05, 4.69) is 10.6 Å². The van der Waals surface area contributed by atoms with E-state index in [9.17, 15) is 9.59 Å². The number of aliphatic carboxylic acids is 1. The molecule has 0 saturated carbocycles. The SMILES string of the molecule is COc1nc(-c2cccc(-c3cccc(Oc4cc(Cl)cc5c4ccn5CCC(=N)CC(=O)O)c3Cl)c2Cl)ccc1CNC[C@@H]1CCC(=O)N1. The van der Waals surface area contributed by atoms with Crippen LogP contribution in [0.5, 0.6) is 17.4 Å². The Balaban J connectivity index is 1.23. The number of methoxy groups -OCH3 is 1. The van der Waals surface area contributed by atoms with E-state index in [1.54, 1.807) is 25.3 Å². The zero-order valence-electron chi connectivity index (χ0n) is 27.1. The number of aryl methyl sites for hydroxylation is 1. The molecule has 6 rings (SSSR count). The number of benzene rings is 3. The van der Waals surface area contributed by atoms with Gasteiger partial charge < -0.3 is 35.2 Å². The lowest BCUT2D eigenvalue weighted by Gasteiger charge is -2.16. The van der Waals surface area contributed by atoms with E-state index >= 15 is 0 Å². The van der Waals surface area contributed by atoms with Crippen LogP contribution in [0.2, 0.25) is 15.1 Å². The topological polar surface area (TPSA) is 139 Å². The average Bonchev–Trinajstić information content (AvgIpc) is 3.70. The van der Waals surface area contributed by atoms with Crippen molar-refractivity contribution in [3.05, 3.63) is 93.6 Å². The number of hydrogen-bond acceptors (Lipinski definition) is 7. The van der Waals surface area contributed by atoms with Crippen molar-refractivity contribution in [3.8, 4) is 39.8 Å². The number of carboxylic acids is 1. The Morgan fingerprint density at radius 3 is 2.54 bits per heavy atom. The fraction of sp³-hybridized carbons (Fsp3) is 0.243. The molecule has 10 nitrogen and oxygen atoms in total. The number of rotatable bonds is 14. The number of ether oxygens (including phenoxy) is 2. The molecule has 1 aliphatic rings. The van der Waals surface area contributed by atoms with Crippen LogP contribution in [0.4, 0.5) is 0 Å². The third-order valence-electron chi connectivity index (χ3n) is 8.51. The van der Waals surface area contributed by atoms with Crippen LogP contribution in [-0.2, 0) is 22.7 Å². The number of carbonyl (C=O) groups is 2. The molecule has 0 bridgehead atoms. The van der Waals surface area contributed by atoms with Gasteiger partial charge in [-0.15, -0.1) is 0 Å². The van der Waals surface area contributed by atoms with Crippen LogP contribution in [0.3, 0.4) is 0 Å². The second-order valence-electron chi connectivity index (χ2n) is 12.0. The van der Waals surface area contributed by atoms with Crippen LogP contribution in [-0.4, -0.2) is 51.9 Å². The van der Waals surface area contributed by atoms with Gasteiger partial charge in [-0.2, -0.15) is 0 Å². The highest BCUT2D eigenvalue weighted by molar-refractivity contribution is 6.38. The van der Waals surface area contributed by atoms with Gasteiger partial charge in [0.2, 0.25) is 11.8 Å². The van der Waals surface area contributed by atoms with Crippen molar-refractivity contribution < 1.29 is 24.2 Å². The lowest BCUT2D eigenvalue weighted by atomic mass is 10.0. The van der Waals surface area contributed by atoms with Gasteiger partial charge in [0.25, 0.3) is 0 Å². The van der Waals surface area contributed by atoms with Gasteiger partial charge in [-0.05, 0) is 30.7 Å². The van der Waals surface area contributed by atoms with E-state index in [1.807, 2.05) is 59.3 Å². The summed E-state index contributed by atoms with van der Waals surface area (Å²) in [4.78, 5) is 27.2. The van der Waals surface area contributed by atoms with Gasteiger partial charge in [-0.25, -0.2) is 4.98 Å². The summed E-state index contributed by atoms with van der Waals surface area (Å²) in [6, 6.07) is 20.5. The minimum absolute atomic E-state index is 0.0847. The highest BCUT2D eigenvalue weighted by Gasteiger charge is 2.21. The molecular weight excluding hydrogens is 701 g/mol. The average molecular weight is 735 g/mol. The van der Waals surface area contributed by atoms with Crippen molar-refractivity contribution in [2.24, 2.45) is 0 Å². The Kier molecular flexibility index (Phi) is 10.9. The first-order valence-electron chi connectivity index (χ1n) is 16.0. The van der Waals surface area contributed by atoms with Crippen LogP contribution in [0, 0.1) is 5.41 Å². The Hall–Kier alpha value is -4.61. The first kappa shape index (κ1) is 35.2. The van der Waals surface area contributed by atoms with Gasteiger partial charge in [0.1, 0.15) is 11.5 Å². The third kappa shape index (κ3) is 7.89. The molecule has 13 heteroatoms. The van der Waals surface area contributed by atoms with Crippen LogP contribution in [0.1, 0.15) is 31.2 Å². The van der Waals surface area contributed by atoms with Gasteiger partial charge in [-0.3, -0.25) is 9.59 Å². The van der Waals surface area contributed by atoms with Crippen molar-refractivity contribution in [1.29, 1.82) is 5.41 Å². The summed E-state index contributed by atoms with van der Waals surface area (Å²) in [6.45, 7) is 1.60. The van der Waals surface area contributed by atoms with Crippen molar-refractivity contribution in [1.82, 2.24) is 20.2 Å². The maximum atomic E-state index is 11.5. The van der Waals surface area contributed by atoms with Crippen LogP contribution in [0.15, 0.2) is 72.9 Å². The summed E-state index contributed by atoms with van der Waals surface area (Å²) < 4.78 is 13.9. The molecule has 1 amide bonds. The molecule has 1 fully saturated rings. The zero-order valence-corrected chi connectivity index (χ0v) is 29.3. The summed E-state index contributed by atoms with van der Waals surface area (Å²) in [5, 5.41) is 25.3. The normalized spacial score (nSPS) is 14.2. The second kappa shape index (κ2) is 15.5. The predicted molar refractivity (Wildman–Crippen MR) is 196 cm³/mol. The number of hydrogen-bond donors (Lipinski definition) is 4. The molecule has 0 radical (unpaired) electrons. The number of pyridine rings is 1. The van der Waals surface area contributed by atoms with Crippen molar-refractivity contribution >= 4 is 63.3 Å². The summed E-state index contributed by atoms with van der Waals surface area (Å²) in [6.07, 6.45) is 3.23. The third-order valence-corrected chi connectivity index (χ3v) is 9.52. The molecule has 5 aromatic rings.